The first-order valence-electron chi connectivity index (χ1n) is 9.23. The highest BCUT2D eigenvalue weighted by Gasteiger charge is 2.15. The average molecular weight is 444 g/mol. The third-order valence-electron chi connectivity index (χ3n) is 3.98. The van der Waals surface area contributed by atoms with Crippen LogP contribution in [-0.2, 0) is 19.2 Å². The lowest BCUT2D eigenvalue weighted by atomic mass is 10.2. The molecule has 0 fully saturated rings. The fraction of sp³-hybridized carbons (Fsp3) is 0.190. The molecule has 10 heteroatoms. The van der Waals surface area contributed by atoms with Crippen molar-refractivity contribution in [2.45, 2.75) is 27.2 Å². The van der Waals surface area contributed by atoms with Crippen molar-refractivity contribution in [3.63, 3.8) is 0 Å². The molecule has 31 heavy (non-hydrogen) atoms. The average Bonchev–Trinajstić information content (AvgIpc) is 2.70. The molecule has 0 aliphatic heterocycles. The van der Waals surface area contributed by atoms with Gasteiger partial charge in [-0.05, 0) is 55.8 Å². The van der Waals surface area contributed by atoms with Crippen LogP contribution >= 0.6 is 11.6 Å². The van der Waals surface area contributed by atoms with Crippen LogP contribution in [0.25, 0.3) is 0 Å². The maximum Gasteiger partial charge on any atom is 0.329 e. The number of rotatable bonds is 6. The van der Waals surface area contributed by atoms with Gasteiger partial charge >= 0.3 is 11.8 Å². The molecule has 162 valence electrons. The van der Waals surface area contributed by atoms with E-state index < -0.39 is 11.8 Å². The van der Waals surface area contributed by atoms with Gasteiger partial charge < -0.3 is 16.0 Å². The smallest absolute Gasteiger partial charge is 0.326 e. The zero-order valence-electron chi connectivity index (χ0n) is 17.2. The number of carbonyl (C=O) groups excluding carboxylic acids is 4. The van der Waals surface area contributed by atoms with E-state index in [9.17, 15) is 19.2 Å². The van der Waals surface area contributed by atoms with E-state index in [0.29, 0.717) is 33.4 Å². The van der Waals surface area contributed by atoms with Crippen LogP contribution < -0.4 is 21.4 Å². The molecule has 4 amide bonds. The highest BCUT2D eigenvalue weighted by molar-refractivity contribution is 6.40. The van der Waals surface area contributed by atoms with Crippen LogP contribution in [0.15, 0.2) is 47.6 Å². The highest BCUT2D eigenvalue weighted by atomic mass is 35.5. The molecule has 0 spiro atoms. The molecule has 2 rings (SSSR count). The summed E-state index contributed by atoms with van der Waals surface area (Å²) in [5.41, 5.74) is 4.60. The molecule has 2 aromatic carbocycles. The summed E-state index contributed by atoms with van der Waals surface area (Å²) in [6, 6.07) is 11.5. The third kappa shape index (κ3) is 7.56. The predicted octanol–water partition coefficient (Wildman–Crippen LogP) is 3.07. The monoisotopic (exact) mass is 443 g/mol. The maximum absolute atomic E-state index is 12.1. The largest absolute Gasteiger partial charge is 0.329 e. The number of nitrogens with one attached hydrogen (secondary N) is 4. The first-order chi connectivity index (χ1) is 14.7. The molecule has 0 unspecified atom stereocenters. The SMILES string of the molecule is CC(=O)Nc1ccc(NC(=O)C/C(C)=N\NC(=O)C(=O)Nc2cccc(Cl)c2C)cc1. The number of hydrazone groups is 1. The topological polar surface area (TPSA) is 129 Å². The van der Waals surface area contributed by atoms with E-state index in [1.807, 2.05) is 0 Å². The highest BCUT2D eigenvalue weighted by Crippen LogP contribution is 2.22. The fourth-order valence-corrected chi connectivity index (χ4v) is 2.61. The summed E-state index contributed by atoms with van der Waals surface area (Å²) in [4.78, 5) is 47.1. The molecule has 4 N–H and O–H groups in total. The molecular formula is C21H22ClN5O4. The van der Waals surface area contributed by atoms with Crippen LogP contribution in [0.3, 0.4) is 0 Å². The number of hydrogen-bond acceptors (Lipinski definition) is 5. The molecule has 0 heterocycles. The molecular weight excluding hydrogens is 422 g/mol. The van der Waals surface area contributed by atoms with Crippen LogP contribution in [-0.4, -0.2) is 29.3 Å². The fourth-order valence-electron chi connectivity index (χ4n) is 2.44. The Hall–Kier alpha value is -3.72. The van der Waals surface area contributed by atoms with E-state index in [1.54, 1.807) is 56.3 Å². The van der Waals surface area contributed by atoms with E-state index >= 15 is 0 Å². The van der Waals surface area contributed by atoms with Gasteiger partial charge in [0, 0.05) is 34.7 Å². The standard InChI is InChI=1S/C21H22ClN5O4/c1-12(11-19(29)24-16-9-7-15(8-10-16)23-14(3)28)26-27-21(31)20(30)25-18-6-4-5-17(22)13(18)2/h4-10H,11H2,1-3H3,(H,23,28)(H,24,29)(H,25,30)(H,27,31)/b26-12-. The van der Waals surface area contributed by atoms with E-state index in [1.165, 1.54) is 6.92 Å². The van der Waals surface area contributed by atoms with Crippen LogP contribution in [0.2, 0.25) is 5.02 Å². The summed E-state index contributed by atoms with van der Waals surface area (Å²) in [6.07, 6.45) is -0.0945. The van der Waals surface area contributed by atoms with E-state index in [0.717, 1.165) is 0 Å². The normalized spacial score (nSPS) is 10.8. The lowest BCUT2D eigenvalue weighted by Gasteiger charge is -2.09. The third-order valence-corrected chi connectivity index (χ3v) is 4.39. The van der Waals surface area contributed by atoms with Gasteiger partial charge in [0.1, 0.15) is 0 Å². The molecule has 0 bridgehead atoms. The number of carbonyl (C=O) groups is 4. The first-order valence-corrected chi connectivity index (χ1v) is 9.60. The second kappa shape index (κ2) is 10.9. The summed E-state index contributed by atoms with van der Waals surface area (Å²) in [7, 11) is 0. The number of halogens is 1. The van der Waals surface area contributed by atoms with Crippen molar-refractivity contribution < 1.29 is 19.2 Å². The van der Waals surface area contributed by atoms with Crippen molar-refractivity contribution >= 4 is 58.0 Å². The van der Waals surface area contributed by atoms with Gasteiger partial charge in [-0.15, -0.1) is 0 Å². The Morgan fingerprint density at radius 1 is 0.871 bits per heavy atom. The summed E-state index contributed by atoms with van der Waals surface area (Å²) in [5, 5.41) is 12.0. The Labute approximate surface area is 184 Å². The molecule has 0 aromatic heterocycles. The predicted molar refractivity (Wildman–Crippen MR) is 120 cm³/mol. The molecule has 0 saturated carbocycles. The molecule has 0 aliphatic carbocycles. The van der Waals surface area contributed by atoms with Gasteiger partial charge in [0.2, 0.25) is 11.8 Å². The molecule has 0 aliphatic rings. The van der Waals surface area contributed by atoms with Gasteiger partial charge in [0.15, 0.2) is 0 Å². The molecule has 2 aromatic rings. The van der Waals surface area contributed by atoms with E-state index in [-0.39, 0.29) is 18.2 Å². The minimum absolute atomic E-state index is 0.0945. The Morgan fingerprint density at radius 2 is 1.48 bits per heavy atom. The van der Waals surface area contributed by atoms with Crippen molar-refractivity contribution in [3.05, 3.63) is 53.1 Å². The second-order valence-corrected chi connectivity index (χ2v) is 7.05. The van der Waals surface area contributed by atoms with Crippen LogP contribution in [0.5, 0.6) is 0 Å². The van der Waals surface area contributed by atoms with Gasteiger partial charge in [0.05, 0.1) is 6.42 Å². The Bertz CT molecular complexity index is 1030. The van der Waals surface area contributed by atoms with Crippen molar-refractivity contribution in [1.29, 1.82) is 0 Å². The minimum Gasteiger partial charge on any atom is -0.326 e. The maximum atomic E-state index is 12.1. The van der Waals surface area contributed by atoms with Crippen LogP contribution in [0, 0.1) is 6.92 Å². The van der Waals surface area contributed by atoms with Crippen molar-refractivity contribution in [2.75, 3.05) is 16.0 Å². The summed E-state index contributed by atoms with van der Waals surface area (Å²) in [6.45, 7) is 4.65. The lowest BCUT2D eigenvalue weighted by Crippen LogP contribution is -2.33. The second-order valence-electron chi connectivity index (χ2n) is 6.64. The van der Waals surface area contributed by atoms with Gasteiger partial charge in [0.25, 0.3) is 0 Å². The first kappa shape index (κ1) is 23.6. The number of benzene rings is 2. The number of hydrogen-bond donors (Lipinski definition) is 4. The van der Waals surface area contributed by atoms with Crippen molar-refractivity contribution in [2.24, 2.45) is 5.10 Å². The zero-order valence-corrected chi connectivity index (χ0v) is 18.0. The molecule has 0 radical (unpaired) electrons. The van der Waals surface area contributed by atoms with Crippen LogP contribution in [0.4, 0.5) is 17.1 Å². The van der Waals surface area contributed by atoms with Gasteiger partial charge in [-0.1, -0.05) is 17.7 Å². The lowest BCUT2D eigenvalue weighted by molar-refractivity contribution is -0.136. The summed E-state index contributed by atoms with van der Waals surface area (Å²) >= 11 is 5.99. The van der Waals surface area contributed by atoms with Crippen LogP contribution in [0.1, 0.15) is 25.8 Å². The zero-order chi connectivity index (χ0) is 23.0. The molecule has 9 nitrogen and oxygen atoms in total. The Kier molecular flexibility index (Phi) is 8.27. The van der Waals surface area contributed by atoms with Crippen molar-refractivity contribution in [1.82, 2.24) is 5.43 Å². The minimum atomic E-state index is -0.979. The van der Waals surface area contributed by atoms with Gasteiger partial charge in [-0.25, -0.2) is 5.43 Å². The quantitative estimate of drug-likeness (QED) is 0.310. The van der Waals surface area contributed by atoms with E-state index in [2.05, 4.69) is 26.5 Å². The Balaban J connectivity index is 1.85. The summed E-state index contributed by atoms with van der Waals surface area (Å²) in [5.74, 6) is -2.44. The number of anilines is 3. The van der Waals surface area contributed by atoms with Crippen molar-refractivity contribution in [3.8, 4) is 0 Å². The Morgan fingerprint density at radius 3 is 2.10 bits per heavy atom. The van der Waals surface area contributed by atoms with Gasteiger partial charge in [-0.2, -0.15) is 5.10 Å². The summed E-state index contributed by atoms with van der Waals surface area (Å²) < 4.78 is 0. The molecule has 0 saturated heterocycles. The van der Waals surface area contributed by atoms with E-state index in [4.69, 9.17) is 11.6 Å². The number of nitrogens with zero attached hydrogens (tertiary/aromatic N) is 1. The van der Waals surface area contributed by atoms with Gasteiger partial charge in [-0.3, -0.25) is 19.2 Å². The number of amides is 4. The molecule has 0 atom stereocenters.